The molecule has 108 valence electrons. The standard InChI is InChI=1S/C17H23NO2/c1-11-3-6-16-14(7-11)15(19)9-17(20-16)8-12(2)18(10-17)13-4-5-13/h3,6-7,12-13,15,19H,4-5,8-10H2,1-2H3/t12?,15-,17?/m0/s1. The summed E-state index contributed by atoms with van der Waals surface area (Å²) >= 11 is 0. The van der Waals surface area contributed by atoms with Crippen LogP contribution in [0.25, 0.3) is 0 Å². The van der Waals surface area contributed by atoms with Crippen LogP contribution in [0, 0.1) is 6.92 Å². The van der Waals surface area contributed by atoms with Crippen LogP contribution in [0.1, 0.15) is 49.8 Å². The molecule has 4 rings (SSSR count). The SMILES string of the molecule is Cc1ccc2c(c1)[C@@H](O)CC1(CC(C)N(C3CC3)C1)O2. The van der Waals surface area contributed by atoms with Crippen LogP contribution in [0.2, 0.25) is 0 Å². The van der Waals surface area contributed by atoms with Crippen LogP contribution in [-0.4, -0.2) is 34.2 Å². The number of aliphatic hydroxyl groups is 1. The first-order valence-corrected chi connectivity index (χ1v) is 7.80. The second kappa shape index (κ2) is 4.22. The van der Waals surface area contributed by atoms with Crippen LogP contribution in [-0.2, 0) is 0 Å². The third kappa shape index (κ3) is 1.95. The molecule has 3 nitrogen and oxygen atoms in total. The van der Waals surface area contributed by atoms with Crippen molar-refractivity contribution >= 4 is 0 Å². The Hall–Kier alpha value is -1.06. The van der Waals surface area contributed by atoms with Gasteiger partial charge in [0.05, 0.1) is 6.10 Å². The monoisotopic (exact) mass is 273 g/mol. The van der Waals surface area contributed by atoms with Crippen LogP contribution in [0.15, 0.2) is 18.2 Å². The van der Waals surface area contributed by atoms with E-state index < -0.39 is 0 Å². The molecule has 1 aliphatic carbocycles. The van der Waals surface area contributed by atoms with Crippen molar-refractivity contribution in [3.05, 3.63) is 29.3 Å². The largest absolute Gasteiger partial charge is 0.485 e. The van der Waals surface area contributed by atoms with Crippen LogP contribution in [0.4, 0.5) is 0 Å². The molecule has 20 heavy (non-hydrogen) atoms. The van der Waals surface area contributed by atoms with E-state index in [0.29, 0.717) is 6.04 Å². The molecule has 1 aromatic rings. The van der Waals surface area contributed by atoms with E-state index in [1.54, 1.807) is 0 Å². The van der Waals surface area contributed by atoms with Gasteiger partial charge in [0.25, 0.3) is 0 Å². The number of ether oxygens (including phenoxy) is 1. The van der Waals surface area contributed by atoms with Gasteiger partial charge in [-0.3, -0.25) is 4.90 Å². The van der Waals surface area contributed by atoms with Gasteiger partial charge in [-0.05, 0) is 38.8 Å². The molecule has 1 spiro atoms. The first-order chi connectivity index (χ1) is 9.56. The second-order valence-corrected chi connectivity index (χ2v) is 7.00. The van der Waals surface area contributed by atoms with E-state index in [9.17, 15) is 5.11 Å². The minimum absolute atomic E-state index is 0.177. The normalized spacial score (nSPS) is 37.0. The highest BCUT2D eigenvalue weighted by atomic mass is 16.5. The highest BCUT2D eigenvalue weighted by Gasteiger charge is 2.51. The lowest BCUT2D eigenvalue weighted by Gasteiger charge is -2.38. The van der Waals surface area contributed by atoms with Crippen molar-refractivity contribution in [2.45, 2.75) is 63.3 Å². The van der Waals surface area contributed by atoms with Crippen molar-refractivity contribution in [2.75, 3.05) is 6.54 Å². The maximum Gasteiger partial charge on any atom is 0.126 e. The Morgan fingerprint density at radius 2 is 2.10 bits per heavy atom. The van der Waals surface area contributed by atoms with Gasteiger partial charge >= 0.3 is 0 Å². The zero-order chi connectivity index (χ0) is 13.9. The maximum atomic E-state index is 10.5. The third-order valence-corrected chi connectivity index (χ3v) is 5.14. The second-order valence-electron chi connectivity index (χ2n) is 7.00. The molecule has 1 aromatic carbocycles. The van der Waals surface area contributed by atoms with Crippen molar-refractivity contribution in [1.29, 1.82) is 0 Å². The molecular weight excluding hydrogens is 250 g/mol. The molecule has 0 bridgehead atoms. The summed E-state index contributed by atoms with van der Waals surface area (Å²) in [5, 5.41) is 10.5. The highest BCUT2D eigenvalue weighted by Crippen LogP contribution is 2.47. The molecule has 0 amide bonds. The molecule has 2 fully saturated rings. The molecule has 3 atom stereocenters. The van der Waals surface area contributed by atoms with E-state index in [-0.39, 0.29) is 11.7 Å². The summed E-state index contributed by atoms with van der Waals surface area (Å²) in [7, 11) is 0. The Kier molecular flexibility index (Phi) is 2.67. The Morgan fingerprint density at radius 3 is 2.85 bits per heavy atom. The first-order valence-electron chi connectivity index (χ1n) is 7.80. The number of aliphatic hydroxyl groups excluding tert-OH is 1. The smallest absolute Gasteiger partial charge is 0.126 e. The molecule has 2 aliphatic heterocycles. The van der Waals surface area contributed by atoms with Crippen molar-refractivity contribution in [3.8, 4) is 5.75 Å². The number of hydrogen-bond acceptors (Lipinski definition) is 3. The predicted molar refractivity (Wildman–Crippen MR) is 77.9 cm³/mol. The topological polar surface area (TPSA) is 32.7 Å². The maximum absolute atomic E-state index is 10.5. The van der Waals surface area contributed by atoms with Gasteiger partial charge in [0, 0.05) is 37.0 Å². The summed E-state index contributed by atoms with van der Waals surface area (Å²) in [6, 6.07) is 7.50. The van der Waals surface area contributed by atoms with E-state index in [0.717, 1.165) is 36.7 Å². The van der Waals surface area contributed by atoms with Crippen molar-refractivity contribution in [2.24, 2.45) is 0 Å². The number of nitrogens with zero attached hydrogens (tertiary/aromatic N) is 1. The molecule has 1 saturated heterocycles. The Labute approximate surface area is 120 Å². The Balaban J connectivity index is 1.64. The van der Waals surface area contributed by atoms with Crippen molar-refractivity contribution in [1.82, 2.24) is 4.90 Å². The average Bonchev–Trinajstić information content (AvgIpc) is 3.17. The Bertz CT molecular complexity index is 540. The minimum atomic E-state index is -0.384. The van der Waals surface area contributed by atoms with Crippen LogP contribution >= 0.6 is 0 Å². The summed E-state index contributed by atoms with van der Waals surface area (Å²) in [5.41, 5.74) is 1.97. The lowest BCUT2D eigenvalue weighted by Crippen LogP contribution is -2.44. The average molecular weight is 273 g/mol. The Morgan fingerprint density at radius 1 is 1.30 bits per heavy atom. The lowest BCUT2D eigenvalue weighted by atomic mass is 9.86. The van der Waals surface area contributed by atoms with Gasteiger partial charge in [-0.25, -0.2) is 0 Å². The summed E-state index contributed by atoms with van der Waals surface area (Å²) in [6.07, 6.45) is 4.05. The molecule has 1 N–H and O–H groups in total. The van der Waals surface area contributed by atoms with Crippen LogP contribution in [0.5, 0.6) is 5.75 Å². The van der Waals surface area contributed by atoms with Gasteiger partial charge < -0.3 is 9.84 Å². The van der Waals surface area contributed by atoms with Gasteiger partial charge in [-0.2, -0.15) is 0 Å². The number of likely N-dealkylation sites (tertiary alicyclic amines) is 1. The third-order valence-electron chi connectivity index (χ3n) is 5.14. The van der Waals surface area contributed by atoms with Gasteiger partial charge in [0.15, 0.2) is 0 Å². The minimum Gasteiger partial charge on any atom is -0.485 e. The van der Waals surface area contributed by atoms with Crippen LogP contribution in [0.3, 0.4) is 0 Å². The molecule has 3 aliphatic rings. The number of rotatable bonds is 1. The lowest BCUT2D eigenvalue weighted by molar-refractivity contribution is -0.00778. The summed E-state index contributed by atoms with van der Waals surface area (Å²) < 4.78 is 6.38. The number of benzene rings is 1. The summed E-state index contributed by atoms with van der Waals surface area (Å²) in [6.45, 7) is 5.33. The zero-order valence-electron chi connectivity index (χ0n) is 12.3. The highest BCUT2D eigenvalue weighted by molar-refractivity contribution is 5.41. The van der Waals surface area contributed by atoms with Crippen LogP contribution < -0.4 is 4.74 Å². The first kappa shape index (κ1) is 12.7. The van der Waals surface area contributed by atoms with E-state index >= 15 is 0 Å². The van der Waals surface area contributed by atoms with E-state index in [2.05, 4.69) is 30.9 Å². The number of aryl methyl sites for hydroxylation is 1. The zero-order valence-corrected chi connectivity index (χ0v) is 12.3. The van der Waals surface area contributed by atoms with Gasteiger partial charge in [0.2, 0.25) is 0 Å². The van der Waals surface area contributed by atoms with Gasteiger partial charge in [0.1, 0.15) is 11.4 Å². The number of hydrogen-bond donors (Lipinski definition) is 1. The van der Waals surface area contributed by atoms with E-state index in [4.69, 9.17) is 4.74 Å². The molecule has 0 aromatic heterocycles. The summed E-state index contributed by atoms with van der Waals surface area (Å²) in [4.78, 5) is 2.59. The molecular formula is C17H23NO2. The molecule has 2 heterocycles. The fourth-order valence-electron chi connectivity index (χ4n) is 4.08. The molecule has 2 unspecified atom stereocenters. The number of fused-ring (bicyclic) bond motifs is 1. The van der Waals surface area contributed by atoms with Gasteiger partial charge in [-0.1, -0.05) is 11.6 Å². The van der Waals surface area contributed by atoms with Gasteiger partial charge in [-0.15, -0.1) is 0 Å². The van der Waals surface area contributed by atoms with E-state index in [1.807, 2.05) is 6.07 Å². The molecule has 0 radical (unpaired) electrons. The summed E-state index contributed by atoms with van der Waals surface area (Å²) in [5.74, 6) is 0.888. The fraction of sp³-hybridized carbons (Fsp3) is 0.647. The van der Waals surface area contributed by atoms with E-state index in [1.165, 1.54) is 18.4 Å². The van der Waals surface area contributed by atoms with Crippen molar-refractivity contribution < 1.29 is 9.84 Å². The molecule has 3 heteroatoms. The molecule has 1 saturated carbocycles. The quantitative estimate of drug-likeness (QED) is 0.854. The predicted octanol–water partition coefficient (Wildman–Crippen LogP) is 2.81. The van der Waals surface area contributed by atoms with Crippen molar-refractivity contribution in [3.63, 3.8) is 0 Å². The fourth-order valence-corrected chi connectivity index (χ4v) is 4.08.